The normalized spacial score (nSPS) is 10.9. The molecule has 21 heavy (non-hydrogen) atoms. The van der Waals surface area contributed by atoms with Crippen LogP contribution in [0.1, 0.15) is 18.2 Å². The number of hydrogen-bond acceptors (Lipinski definition) is 5. The fraction of sp³-hybridized carbons (Fsp3) is 0.267. The number of aryl methyl sites for hydroxylation is 1. The Morgan fingerprint density at radius 2 is 2.24 bits per heavy atom. The number of ether oxygens (including phenoxy) is 1. The maximum absolute atomic E-state index is 8.98. The Hall–Kier alpha value is -2.65. The number of hydrogen-bond donors (Lipinski definition) is 0. The van der Waals surface area contributed by atoms with E-state index in [1.807, 2.05) is 23.6 Å². The average Bonchev–Trinajstić information content (AvgIpc) is 3.10. The van der Waals surface area contributed by atoms with Crippen LogP contribution >= 0.6 is 0 Å². The molecule has 0 bridgehead atoms. The lowest BCUT2D eigenvalue weighted by molar-refractivity contribution is 0.156. The quantitative estimate of drug-likeness (QED) is 0.735. The SMILES string of the molecule is CCn1c(-c2cc(COC)on2)nc2cc(C#N)ccc21. The molecule has 0 unspecified atom stereocenters. The highest BCUT2D eigenvalue weighted by Gasteiger charge is 2.16. The highest BCUT2D eigenvalue weighted by Crippen LogP contribution is 2.25. The largest absolute Gasteiger partial charge is 0.377 e. The first-order valence-electron chi connectivity index (χ1n) is 6.62. The van der Waals surface area contributed by atoms with E-state index < -0.39 is 0 Å². The van der Waals surface area contributed by atoms with Crippen molar-refractivity contribution in [1.82, 2.24) is 14.7 Å². The molecule has 3 rings (SSSR count). The van der Waals surface area contributed by atoms with Gasteiger partial charge in [-0.25, -0.2) is 4.98 Å². The molecule has 3 aromatic rings. The van der Waals surface area contributed by atoms with Crippen LogP contribution in [0.25, 0.3) is 22.6 Å². The van der Waals surface area contributed by atoms with Crippen LogP contribution in [0.2, 0.25) is 0 Å². The maximum atomic E-state index is 8.98. The Labute approximate surface area is 121 Å². The molecule has 0 amide bonds. The summed E-state index contributed by atoms with van der Waals surface area (Å²) in [5, 5.41) is 13.0. The molecule has 0 radical (unpaired) electrons. The van der Waals surface area contributed by atoms with Crippen molar-refractivity contribution in [2.24, 2.45) is 0 Å². The minimum Gasteiger partial charge on any atom is -0.377 e. The number of aromatic nitrogens is 3. The van der Waals surface area contributed by atoms with E-state index in [0.717, 1.165) is 23.4 Å². The van der Waals surface area contributed by atoms with Gasteiger partial charge in [0.2, 0.25) is 0 Å². The Bertz CT molecular complexity index is 826. The summed E-state index contributed by atoms with van der Waals surface area (Å²) >= 11 is 0. The van der Waals surface area contributed by atoms with Crippen LogP contribution in [-0.2, 0) is 17.9 Å². The first-order valence-corrected chi connectivity index (χ1v) is 6.62. The molecule has 2 heterocycles. The first kappa shape index (κ1) is 13.3. The minimum atomic E-state index is 0.373. The fourth-order valence-corrected chi connectivity index (χ4v) is 2.34. The number of fused-ring (bicyclic) bond motifs is 1. The number of imidazole rings is 1. The summed E-state index contributed by atoms with van der Waals surface area (Å²) in [6.45, 7) is 3.17. The summed E-state index contributed by atoms with van der Waals surface area (Å²) in [4.78, 5) is 4.58. The van der Waals surface area contributed by atoms with Gasteiger partial charge in [0.05, 0.1) is 22.7 Å². The second-order valence-electron chi connectivity index (χ2n) is 4.61. The average molecular weight is 282 g/mol. The summed E-state index contributed by atoms with van der Waals surface area (Å²) in [7, 11) is 1.60. The van der Waals surface area contributed by atoms with Gasteiger partial charge in [0, 0.05) is 19.7 Å². The van der Waals surface area contributed by atoms with Gasteiger partial charge in [0.25, 0.3) is 0 Å². The van der Waals surface area contributed by atoms with Crippen molar-refractivity contribution in [2.45, 2.75) is 20.1 Å². The molecule has 2 aromatic heterocycles. The smallest absolute Gasteiger partial charge is 0.163 e. The molecular weight excluding hydrogens is 268 g/mol. The van der Waals surface area contributed by atoms with Gasteiger partial charge < -0.3 is 13.8 Å². The van der Waals surface area contributed by atoms with Crippen LogP contribution in [-0.4, -0.2) is 21.8 Å². The standard InChI is InChI=1S/C15H14N4O2/c1-3-19-14-5-4-10(8-16)6-12(14)17-15(19)13-7-11(9-20-2)21-18-13/h4-7H,3,9H2,1-2H3. The molecule has 0 spiro atoms. The van der Waals surface area contributed by atoms with Crippen LogP contribution < -0.4 is 0 Å². The molecule has 0 aliphatic heterocycles. The lowest BCUT2D eigenvalue weighted by Gasteiger charge is -2.02. The number of nitriles is 1. The summed E-state index contributed by atoms with van der Waals surface area (Å²) in [6.07, 6.45) is 0. The monoisotopic (exact) mass is 282 g/mol. The van der Waals surface area contributed by atoms with Gasteiger partial charge >= 0.3 is 0 Å². The topological polar surface area (TPSA) is 76.9 Å². The van der Waals surface area contributed by atoms with Crippen LogP contribution in [0.15, 0.2) is 28.8 Å². The highest BCUT2D eigenvalue weighted by atomic mass is 16.5. The van der Waals surface area contributed by atoms with E-state index in [1.165, 1.54) is 0 Å². The molecule has 0 saturated heterocycles. The molecule has 0 aliphatic rings. The minimum absolute atomic E-state index is 0.373. The van der Waals surface area contributed by atoms with Crippen molar-refractivity contribution >= 4 is 11.0 Å². The summed E-state index contributed by atoms with van der Waals surface area (Å²) in [5.74, 6) is 1.38. The van der Waals surface area contributed by atoms with Crippen molar-refractivity contribution in [1.29, 1.82) is 5.26 Å². The van der Waals surface area contributed by atoms with Gasteiger partial charge in [0.15, 0.2) is 11.6 Å². The first-order chi connectivity index (χ1) is 10.3. The molecule has 6 heteroatoms. The van der Waals surface area contributed by atoms with Crippen LogP contribution in [0, 0.1) is 11.3 Å². The third-order valence-corrected chi connectivity index (χ3v) is 3.27. The van der Waals surface area contributed by atoms with E-state index in [-0.39, 0.29) is 0 Å². The second kappa shape index (κ2) is 5.38. The van der Waals surface area contributed by atoms with E-state index in [0.29, 0.717) is 23.6 Å². The Balaban J connectivity index is 2.14. The van der Waals surface area contributed by atoms with Crippen molar-refractivity contribution in [3.8, 4) is 17.6 Å². The van der Waals surface area contributed by atoms with Crippen molar-refractivity contribution < 1.29 is 9.26 Å². The zero-order valence-corrected chi connectivity index (χ0v) is 11.8. The van der Waals surface area contributed by atoms with Gasteiger partial charge in [-0.15, -0.1) is 0 Å². The molecule has 6 nitrogen and oxygen atoms in total. The van der Waals surface area contributed by atoms with E-state index >= 15 is 0 Å². The third kappa shape index (κ3) is 2.28. The van der Waals surface area contributed by atoms with E-state index in [2.05, 4.69) is 16.2 Å². The fourth-order valence-electron chi connectivity index (χ4n) is 2.34. The molecule has 106 valence electrons. The Morgan fingerprint density at radius 1 is 1.38 bits per heavy atom. The number of methoxy groups -OCH3 is 1. The molecule has 0 fully saturated rings. The van der Waals surface area contributed by atoms with E-state index in [9.17, 15) is 0 Å². The van der Waals surface area contributed by atoms with Crippen molar-refractivity contribution in [2.75, 3.05) is 7.11 Å². The highest BCUT2D eigenvalue weighted by molar-refractivity contribution is 5.81. The van der Waals surface area contributed by atoms with Crippen LogP contribution in [0.3, 0.4) is 0 Å². The van der Waals surface area contributed by atoms with Crippen LogP contribution in [0.5, 0.6) is 0 Å². The molecule has 0 atom stereocenters. The summed E-state index contributed by atoms with van der Waals surface area (Å²) in [6, 6.07) is 9.42. The lowest BCUT2D eigenvalue weighted by atomic mass is 10.2. The maximum Gasteiger partial charge on any atom is 0.163 e. The number of nitrogens with zero attached hydrogens (tertiary/aromatic N) is 4. The second-order valence-corrected chi connectivity index (χ2v) is 4.61. The molecule has 0 aliphatic carbocycles. The van der Waals surface area contributed by atoms with E-state index in [1.54, 1.807) is 19.2 Å². The summed E-state index contributed by atoms with van der Waals surface area (Å²) in [5.41, 5.74) is 3.01. The van der Waals surface area contributed by atoms with Gasteiger partial charge in [0.1, 0.15) is 12.3 Å². The predicted molar refractivity (Wildman–Crippen MR) is 76.3 cm³/mol. The molecule has 1 aromatic carbocycles. The van der Waals surface area contributed by atoms with Gasteiger partial charge in [-0.3, -0.25) is 0 Å². The molecule has 0 N–H and O–H groups in total. The van der Waals surface area contributed by atoms with Crippen molar-refractivity contribution in [3.63, 3.8) is 0 Å². The molecule has 0 saturated carbocycles. The zero-order chi connectivity index (χ0) is 14.8. The van der Waals surface area contributed by atoms with E-state index in [4.69, 9.17) is 14.5 Å². The van der Waals surface area contributed by atoms with Gasteiger partial charge in [-0.05, 0) is 25.1 Å². The predicted octanol–water partition coefficient (Wildman–Crippen LogP) is 2.73. The van der Waals surface area contributed by atoms with Gasteiger partial charge in [-0.2, -0.15) is 5.26 Å². The summed E-state index contributed by atoms with van der Waals surface area (Å²) < 4.78 is 12.3. The number of rotatable bonds is 4. The third-order valence-electron chi connectivity index (χ3n) is 3.27. The number of benzene rings is 1. The Kier molecular flexibility index (Phi) is 3.42. The van der Waals surface area contributed by atoms with Gasteiger partial charge in [-0.1, -0.05) is 5.16 Å². The van der Waals surface area contributed by atoms with Crippen molar-refractivity contribution in [3.05, 3.63) is 35.6 Å². The zero-order valence-electron chi connectivity index (χ0n) is 11.8. The Morgan fingerprint density at radius 3 is 2.95 bits per heavy atom. The van der Waals surface area contributed by atoms with Crippen LogP contribution in [0.4, 0.5) is 0 Å². The lowest BCUT2D eigenvalue weighted by Crippen LogP contribution is -1.97. The molecular formula is C15H14N4O2.